The molecule has 0 aliphatic carbocycles. The Morgan fingerprint density at radius 2 is 1.67 bits per heavy atom. The minimum absolute atomic E-state index is 0.0438. The number of hydrogen-bond donors (Lipinski definition) is 2. The summed E-state index contributed by atoms with van der Waals surface area (Å²) < 4.78 is 9.89. The summed E-state index contributed by atoms with van der Waals surface area (Å²) in [6.45, 7) is 4.13. The summed E-state index contributed by atoms with van der Waals surface area (Å²) in [7, 11) is 0. The van der Waals surface area contributed by atoms with Gasteiger partial charge in [-0.2, -0.15) is 0 Å². The Labute approximate surface area is 162 Å². The van der Waals surface area contributed by atoms with Gasteiger partial charge in [-0.05, 0) is 38.3 Å². The van der Waals surface area contributed by atoms with Crippen molar-refractivity contribution in [3.63, 3.8) is 0 Å². The van der Waals surface area contributed by atoms with Gasteiger partial charge in [0.15, 0.2) is 5.78 Å². The molecular weight excluding hydrogens is 372 g/mol. The minimum Gasteiger partial charge on any atom is -0.464 e. The molecule has 1 rings (SSSR count). The molecule has 3 N–H and O–H groups in total. The first kappa shape index (κ1) is 22.5. The highest BCUT2D eigenvalue weighted by Gasteiger charge is 2.51. The lowest BCUT2D eigenvalue weighted by molar-refractivity contribution is -0.167. The number of hydrogen-bond acceptors (Lipinski definition) is 8. The molecule has 27 heavy (non-hydrogen) atoms. The number of nitrogen functional groups attached to an aromatic ring is 1. The zero-order chi connectivity index (χ0) is 20.6. The number of Topliss-reactive ketones (excluding diaryl/α,β-unsaturated/α-hetero) is 1. The second-order valence-corrected chi connectivity index (χ2v) is 6.46. The first-order valence-electron chi connectivity index (χ1n) is 8.31. The first-order chi connectivity index (χ1) is 12.7. The number of nitrogens with two attached hydrogens (primary N) is 1. The van der Waals surface area contributed by atoms with Gasteiger partial charge in [-0.15, -0.1) is 11.8 Å². The smallest absolute Gasteiger partial charge is 0.344 e. The number of benzene rings is 1. The van der Waals surface area contributed by atoms with Crippen LogP contribution in [0.5, 0.6) is 0 Å². The van der Waals surface area contributed by atoms with Crippen molar-refractivity contribution < 1.29 is 28.7 Å². The van der Waals surface area contributed by atoms with Crippen LogP contribution in [0.2, 0.25) is 0 Å². The summed E-state index contributed by atoms with van der Waals surface area (Å²) in [5, 5.41) is 2.26. The zero-order valence-corrected chi connectivity index (χ0v) is 16.6. The number of anilines is 1. The van der Waals surface area contributed by atoms with Crippen LogP contribution in [0.25, 0.3) is 0 Å². The van der Waals surface area contributed by atoms with Crippen LogP contribution in [0.4, 0.5) is 5.69 Å². The van der Waals surface area contributed by atoms with Gasteiger partial charge in [0.2, 0.25) is 11.4 Å². The van der Waals surface area contributed by atoms with E-state index in [9.17, 15) is 19.2 Å². The van der Waals surface area contributed by atoms with Crippen molar-refractivity contribution >= 4 is 41.1 Å². The average Bonchev–Trinajstić information content (AvgIpc) is 2.61. The molecule has 0 aromatic heterocycles. The fourth-order valence-electron chi connectivity index (χ4n) is 2.42. The zero-order valence-electron chi connectivity index (χ0n) is 15.8. The van der Waals surface area contributed by atoms with Crippen LogP contribution in [-0.4, -0.2) is 48.6 Å². The van der Waals surface area contributed by atoms with Crippen LogP contribution in [0.15, 0.2) is 23.1 Å². The molecule has 0 heterocycles. The van der Waals surface area contributed by atoms with Crippen molar-refractivity contribution in [3.8, 4) is 0 Å². The Balaban J connectivity index is 3.40. The van der Waals surface area contributed by atoms with Gasteiger partial charge in [0, 0.05) is 23.1 Å². The molecule has 148 valence electrons. The lowest BCUT2D eigenvalue weighted by Gasteiger charge is -2.29. The molecule has 0 atom stereocenters. The quantitative estimate of drug-likeness (QED) is 0.212. The number of rotatable bonds is 9. The molecule has 0 unspecified atom stereocenters. The van der Waals surface area contributed by atoms with Crippen molar-refractivity contribution in [1.29, 1.82) is 0 Å². The molecule has 1 aromatic carbocycles. The van der Waals surface area contributed by atoms with E-state index in [-0.39, 0.29) is 24.5 Å². The number of ketones is 1. The van der Waals surface area contributed by atoms with E-state index in [0.29, 0.717) is 0 Å². The van der Waals surface area contributed by atoms with Crippen LogP contribution in [0.3, 0.4) is 0 Å². The van der Waals surface area contributed by atoms with E-state index in [1.54, 1.807) is 32.0 Å². The van der Waals surface area contributed by atoms with E-state index < -0.39 is 35.6 Å². The standard InChI is InChI=1S/C18H24N2O6S/c1-5-25-16(23)18(20-11(3)21,17(24)26-6-2)10-15(22)13-9-12(27-4)7-8-14(13)19/h7-9H,5-6,10,19H2,1-4H3,(H,20,21). The minimum atomic E-state index is -2.28. The van der Waals surface area contributed by atoms with Gasteiger partial charge in [-0.3, -0.25) is 9.59 Å². The molecule has 9 heteroatoms. The van der Waals surface area contributed by atoms with E-state index in [1.165, 1.54) is 11.8 Å². The van der Waals surface area contributed by atoms with E-state index in [2.05, 4.69) is 5.32 Å². The summed E-state index contributed by atoms with van der Waals surface area (Å²) in [6, 6.07) is 4.87. The summed E-state index contributed by atoms with van der Waals surface area (Å²) >= 11 is 1.41. The number of amides is 1. The fourth-order valence-corrected chi connectivity index (χ4v) is 2.86. The molecule has 0 aliphatic rings. The third-order valence-electron chi connectivity index (χ3n) is 3.62. The van der Waals surface area contributed by atoms with Crippen LogP contribution in [0.1, 0.15) is 37.6 Å². The predicted molar refractivity (Wildman–Crippen MR) is 101 cm³/mol. The maximum Gasteiger partial charge on any atom is 0.344 e. The van der Waals surface area contributed by atoms with Gasteiger partial charge < -0.3 is 20.5 Å². The fraction of sp³-hybridized carbons (Fsp3) is 0.444. The summed E-state index contributed by atoms with van der Waals surface area (Å²) in [6.07, 6.45) is 1.16. The molecule has 0 bridgehead atoms. The second-order valence-electron chi connectivity index (χ2n) is 5.58. The number of thioether (sulfide) groups is 1. The van der Waals surface area contributed by atoms with Crippen molar-refractivity contribution in [2.75, 3.05) is 25.2 Å². The highest BCUT2D eigenvalue weighted by molar-refractivity contribution is 7.98. The lowest BCUT2D eigenvalue weighted by Crippen LogP contribution is -2.62. The maximum absolute atomic E-state index is 12.9. The number of carbonyl (C=O) groups is 4. The number of carbonyl (C=O) groups excluding carboxylic acids is 4. The SMILES string of the molecule is CCOC(=O)C(CC(=O)c1cc(SC)ccc1N)(NC(C)=O)C(=O)OCC. The molecule has 0 fully saturated rings. The van der Waals surface area contributed by atoms with Crippen molar-refractivity contribution in [2.45, 2.75) is 37.6 Å². The first-order valence-corrected chi connectivity index (χ1v) is 9.54. The van der Waals surface area contributed by atoms with Crippen molar-refractivity contribution in [3.05, 3.63) is 23.8 Å². The van der Waals surface area contributed by atoms with Crippen LogP contribution in [-0.2, 0) is 23.9 Å². The third kappa shape index (κ3) is 5.46. The van der Waals surface area contributed by atoms with Gasteiger partial charge in [0.25, 0.3) is 0 Å². The Morgan fingerprint density at radius 3 is 2.11 bits per heavy atom. The third-order valence-corrected chi connectivity index (χ3v) is 4.35. The van der Waals surface area contributed by atoms with E-state index in [4.69, 9.17) is 15.2 Å². The summed E-state index contributed by atoms with van der Waals surface area (Å²) in [5.41, 5.74) is 3.94. The monoisotopic (exact) mass is 396 g/mol. The van der Waals surface area contributed by atoms with Gasteiger partial charge in [-0.25, -0.2) is 9.59 Å². The van der Waals surface area contributed by atoms with Crippen LogP contribution in [0, 0.1) is 0 Å². The van der Waals surface area contributed by atoms with Crippen molar-refractivity contribution in [1.82, 2.24) is 5.32 Å². The summed E-state index contributed by atoms with van der Waals surface area (Å²) in [5.74, 6) is -3.41. The van der Waals surface area contributed by atoms with Gasteiger partial charge in [0.05, 0.1) is 19.6 Å². The Kier molecular flexibility index (Phi) is 8.30. The highest BCUT2D eigenvalue weighted by atomic mass is 32.2. The molecule has 0 saturated carbocycles. The van der Waals surface area contributed by atoms with E-state index in [0.717, 1.165) is 11.8 Å². The Bertz CT molecular complexity index is 717. The molecule has 8 nitrogen and oxygen atoms in total. The molecule has 0 spiro atoms. The predicted octanol–water partition coefficient (Wildman–Crippen LogP) is 1.56. The highest BCUT2D eigenvalue weighted by Crippen LogP contribution is 2.26. The van der Waals surface area contributed by atoms with Gasteiger partial charge >= 0.3 is 11.9 Å². The average molecular weight is 396 g/mol. The van der Waals surface area contributed by atoms with Gasteiger partial charge in [0.1, 0.15) is 0 Å². The molecule has 0 radical (unpaired) electrons. The molecular formula is C18H24N2O6S. The van der Waals surface area contributed by atoms with E-state index in [1.807, 2.05) is 6.26 Å². The van der Waals surface area contributed by atoms with Crippen LogP contribution < -0.4 is 11.1 Å². The Morgan fingerprint density at radius 1 is 1.11 bits per heavy atom. The molecule has 1 amide bonds. The molecule has 0 aliphatic heterocycles. The van der Waals surface area contributed by atoms with Crippen molar-refractivity contribution in [2.24, 2.45) is 0 Å². The van der Waals surface area contributed by atoms with E-state index >= 15 is 0 Å². The second kappa shape index (κ2) is 9.96. The Hall–Kier alpha value is -2.55. The lowest BCUT2D eigenvalue weighted by atomic mass is 9.89. The van der Waals surface area contributed by atoms with Crippen LogP contribution >= 0.6 is 11.8 Å². The normalized spacial score (nSPS) is 10.8. The number of nitrogens with one attached hydrogen (secondary N) is 1. The number of esters is 2. The number of ether oxygens (including phenoxy) is 2. The molecule has 1 aromatic rings. The summed E-state index contributed by atoms with van der Waals surface area (Å²) in [4.78, 5) is 50.5. The molecule has 0 saturated heterocycles. The maximum atomic E-state index is 12.9. The van der Waals surface area contributed by atoms with Gasteiger partial charge in [-0.1, -0.05) is 0 Å². The topological polar surface area (TPSA) is 125 Å². The largest absolute Gasteiger partial charge is 0.464 e.